The van der Waals surface area contributed by atoms with Crippen LogP contribution in [0.15, 0.2) is 46.8 Å². The Balaban J connectivity index is 1.50. The standard InChI is InChI=1S/C21H22N4O2S2/c1-14(26)22-15-6-4-10-25(12-15)19(27)13-29-21-16-7-2-3-8-17(16)23-20(24-21)18-9-5-11-28-18/h2-3,5,7-9,11,15H,4,6,10,12-13H2,1H3,(H,22,26). The van der Waals surface area contributed by atoms with E-state index in [-0.39, 0.29) is 17.9 Å². The second-order valence-electron chi connectivity index (χ2n) is 7.01. The third kappa shape index (κ3) is 4.76. The highest BCUT2D eigenvalue weighted by Crippen LogP contribution is 2.30. The van der Waals surface area contributed by atoms with Crippen LogP contribution in [0, 0.1) is 0 Å². The van der Waals surface area contributed by atoms with Crippen molar-refractivity contribution in [2.45, 2.75) is 30.8 Å². The van der Waals surface area contributed by atoms with Gasteiger partial charge >= 0.3 is 0 Å². The lowest BCUT2D eigenvalue weighted by molar-refractivity contribution is -0.130. The van der Waals surface area contributed by atoms with Crippen molar-refractivity contribution in [3.63, 3.8) is 0 Å². The number of likely N-dealkylation sites (tertiary alicyclic amines) is 1. The molecule has 0 spiro atoms. The quantitative estimate of drug-likeness (QED) is 0.499. The van der Waals surface area contributed by atoms with Crippen LogP contribution >= 0.6 is 23.1 Å². The first-order valence-corrected chi connectivity index (χ1v) is 11.4. The fraction of sp³-hybridized carbons (Fsp3) is 0.333. The summed E-state index contributed by atoms with van der Waals surface area (Å²) in [6.07, 6.45) is 1.82. The van der Waals surface area contributed by atoms with Gasteiger partial charge in [0.2, 0.25) is 11.8 Å². The molecule has 0 radical (unpaired) electrons. The van der Waals surface area contributed by atoms with E-state index in [1.807, 2.05) is 46.7 Å². The molecule has 150 valence electrons. The van der Waals surface area contributed by atoms with Gasteiger partial charge in [-0.3, -0.25) is 9.59 Å². The highest BCUT2D eigenvalue weighted by atomic mass is 32.2. The van der Waals surface area contributed by atoms with Crippen molar-refractivity contribution >= 4 is 45.8 Å². The van der Waals surface area contributed by atoms with Gasteiger partial charge in [0.1, 0.15) is 5.03 Å². The second kappa shape index (κ2) is 8.92. The monoisotopic (exact) mass is 426 g/mol. The largest absolute Gasteiger partial charge is 0.352 e. The molecule has 0 aliphatic carbocycles. The van der Waals surface area contributed by atoms with Crippen LogP contribution in [0.3, 0.4) is 0 Å². The first kappa shape index (κ1) is 19.8. The summed E-state index contributed by atoms with van der Waals surface area (Å²) in [4.78, 5) is 36.4. The normalized spacial score (nSPS) is 16.7. The number of thioether (sulfide) groups is 1. The number of rotatable bonds is 5. The number of nitrogens with one attached hydrogen (secondary N) is 1. The van der Waals surface area contributed by atoms with Gasteiger partial charge in [-0.1, -0.05) is 36.0 Å². The van der Waals surface area contributed by atoms with Crippen molar-refractivity contribution in [1.82, 2.24) is 20.2 Å². The lowest BCUT2D eigenvalue weighted by Crippen LogP contribution is -2.49. The van der Waals surface area contributed by atoms with E-state index in [1.54, 1.807) is 11.3 Å². The summed E-state index contributed by atoms with van der Waals surface area (Å²) < 4.78 is 0. The van der Waals surface area contributed by atoms with E-state index >= 15 is 0 Å². The Bertz CT molecular complexity index is 1020. The molecule has 3 aromatic rings. The maximum atomic E-state index is 12.8. The molecule has 29 heavy (non-hydrogen) atoms. The van der Waals surface area contributed by atoms with Crippen LogP contribution in [0.5, 0.6) is 0 Å². The Hall–Kier alpha value is -2.45. The van der Waals surface area contributed by atoms with E-state index in [2.05, 4.69) is 10.3 Å². The molecule has 0 bridgehead atoms. The minimum absolute atomic E-state index is 0.0421. The van der Waals surface area contributed by atoms with Crippen LogP contribution < -0.4 is 5.32 Å². The number of benzene rings is 1. The van der Waals surface area contributed by atoms with Crippen LogP contribution in [0.25, 0.3) is 21.6 Å². The average molecular weight is 427 g/mol. The van der Waals surface area contributed by atoms with Crippen molar-refractivity contribution in [1.29, 1.82) is 0 Å². The molecule has 4 rings (SSSR count). The van der Waals surface area contributed by atoms with E-state index < -0.39 is 0 Å². The van der Waals surface area contributed by atoms with Crippen LogP contribution in [0.2, 0.25) is 0 Å². The Morgan fingerprint density at radius 3 is 2.90 bits per heavy atom. The smallest absolute Gasteiger partial charge is 0.233 e. The number of hydrogen-bond acceptors (Lipinski definition) is 6. The van der Waals surface area contributed by atoms with Gasteiger partial charge in [-0.15, -0.1) is 11.3 Å². The minimum atomic E-state index is -0.0489. The van der Waals surface area contributed by atoms with Gasteiger partial charge in [0.05, 0.1) is 16.1 Å². The average Bonchev–Trinajstić information content (AvgIpc) is 3.26. The molecule has 3 heterocycles. The SMILES string of the molecule is CC(=O)NC1CCCN(C(=O)CSc2nc(-c3cccs3)nc3ccccc23)C1. The number of carbonyl (C=O) groups is 2. The maximum absolute atomic E-state index is 12.8. The van der Waals surface area contributed by atoms with Crippen molar-refractivity contribution in [3.05, 3.63) is 41.8 Å². The van der Waals surface area contributed by atoms with Crippen LogP contribution in [0.1, 0.15) is 19.8 Å². The first-order chi connectivity index (χ1) is 14.1. The van der Waals surface area contributed by atoms with Crippen LogP contribution in [0.4, 0.5) is 0 Å². The second-order valence-corrected chi connectivity index (χ2v) is 8.93. The molecule has 1 aromatic carbocycles. The van der Waals surface area contributed by atoms with E-state index in [9.17, 15) is 9.59 Å². The number of para-hydroxylation sites is 1. The number of hydrogen-bond donors (Lipinski definition) is 1. The van der Waals surface area contributed by atoms with E-state index in [4.69, 9.17) is 4.98 Å². The zero-order valence-corrected chi connectivity index (χ0v) is 17.8. The van der Waals surface area contributed by atoms with Gasteiger partial charge in [0.25, 0.3) is 0 Å². The van der Waals surface area contributed by atoms with Gasteiger partial charge in [0, 0.05) is 31.4 Å². The molecular weight excluding hydrogens is 404 g/mol. The summed E-state index contributed by atoms with van der Waals surface area (Å²) in [5.41, 5.74) is 0.879. The lowest BCUT2D eigenvalue weighted by atomic mass is 10.1. The molecule has 1 N–H and O–H groups in total. The predicted octanol–water partition coefficient (Wildman–Crippen LogP) is 3.58. The van der Waals surface area contributed by atoms with E-state index in [0.29, 0.717) is 18.1 Å². The van der Waals surface area contributed by atoms with Crippen molar-refractivity contribution in [3.8, 4) is 10.7 Å². The van der Waals surface area contributed by atoms with Crippen molar-refractivity contribution < 1.29 is 9.59 Å². The van der Waals surface area contributed by atoms with Gasteiger partial charge < -0.3 is 10.2 Å². The molecule has 6 nitrogen and oxygen atoms in total. The number of amides is 2. The highest BCUT2D eigenvalue weighted by Gasteiger charge is 2.24. The number of piperidine rings is 1. The fourth-order valence-electron chi connectivity index (χ4n) is 3.50. The number of nitrogens with zero attached hydrogens (tertiary/aromatic N) is 3. The van der Waals surface area contributed by atoms with E-state index in [1.165, 1.54) is 18.7 Å². The Morgan fingerprint density at radius 1 is 1.24 bits per heavy atom. The van der Waals surface area contributed by atoms with Crippen molar-refractivity contribution in [2.24, 2.45) is 0 Å². The molecule has 1 saturated heterocycles. The summed E-state index contributed by atoms with van der Waals surface area (Å²) in [5, 5.41) is 6.72. The molecule has 1 atom stereocenters. The molecular formula is C21H22N4O2S2. The zero-order valence-electron chi connectivity index (χ0n) is 16.1. The molecule has 2 amide bonds. The molecule has 1 aliphatic rings. The topological polar surface area (TPSA) is 75.2 Å². The number of thiophene rings is 1. The fourth-order valence-corrected chi connectivity index (χ4v) is 5.08. The number of fused-ring (bicyclic) bond motifs is 1. The number of aromatic nitrogens is 2. The lowest BCUT2D eigenvalue weighted by Gasteiger charge is -2.33. The molecule has 1 fully saturated rings. The molecule has 1 aliphatic heterocycles. The van der Waals surface area contributed by atoms with E-state index in [0.717, 1.165) is 40.2 Å². The highest BCUT2D eigenvalue weighted by molar-refractivity contribution is 8.00. The third-order valence-electron chi connectivity index (χ3n) is 4.82. The van der Waals surface area contributed by atoms with Crippen LogP contribution in [-0.4, -0.2) is 51.6 Å². The summed E-state index contributed by atoms with van der Waals surface area (Å²) in [6.45, 7) is 2.83. The first-order valence-electron chi connectivity index (χ1n) is 9.58. The Labute approximate surface area is 177 Å². The summed E-state index contributed by atoms with van der Waals surface area (Å²) in [6, 6.07) is 11.9. The van der Waals surface area contributed by atoms with Crippen molar-refractivity contribution in [2.75, 3.05) is 18.8 Å². The Morgan fingerprint density at radius 2 is 2.10 bits per heavy atom. The molecule has 2 aromatic heterocycles. The summed E-state index contributed by atoms with van der Waals surface area (Å²) >= 11 is 3.05. The zero-order chi connectivity index (χ0) is 20.2. The van der Waals surface area contributed by atoms with Gasteiger partial charge in [-0.2, -0.15) is 0 Å². The number of carbonyl (C=O) groups excluding carboxylic acids is 2. The van der Waals surface area contributed by atoms with Gasteiger partial charge in [-0.25, -0.2) is 9.97 Å². The Kier molecular flexibility index (Phi) is 6.10. The van der Waals surface area contributed by atoms with Crippen LogP contribution in [-0.2, 0) is 9.59 Å². The summed E-state index contributed by atoms with van der Waals surface area (Å²) in [5.74, 6) is 1.03. The molecule has 0 saturated carbocycles. The van der Waals surface area contributed by atoms with Gasteiger partial charge in [-0.05, 0) is 30.4 Å². The third-order valence-corrected chi connectivity index (χ3v) is 6.67. The van der Waals surface area contributed by atoms with Gasteiger partial charge in [0.15, 0.2) is 5.82 Å². The maximum Gasteiger partial charge on any atom is 0.233 e. The minimum Gasteiger partial charge on any atom is -0.352 e. The predicted molar refractivity (Wildman–Crippen MR) is 117 cm³/mol. The molecule has 8 heteroatoms. The summed E-state index contributed by atoms with van der Waals surface area (Å²) in [7, 11) is 0. The molecule has 1 unspecified atom stereocenters.